The summed E-state index contributed by atoms with van der Waals surface area (Å²) >= 11 is 1.80. The van der Waals surface area contributed by atoms with E-state index in [1.165, 1.54) is 10.3 Å². The first-order valence-corrected chi connectivity index (χ1v) is 7.90. The smallest absolute Gasteiger partial charge is 0.127 e. The third-order valence-corrected chi connectivity index (χ3v) is 4.37. The van der Waals surface area contributed by atoms with Gasteiger partial charge in [0.05, 0.1) is 11.6 Å². The van der Waals surface area contributed by atoms with E-state index in [1.807, 2.05) is 12.1 Å². The Balaban J connectivity index is 1.86. The van der Waals surface area contributed by atoms with E-state index in [2.05, 4.69) is 54.0 Å². The number of thiophene rings is 1. The molecule has 1 atom stereocenters. The van der Waals surface area contributed by atoms with Crippen molar-refractivity contribution < 1.29 is 0 Å². The van der Waals surface area contributed by atoms with Crippen LogP contribution in [0.5, 0.6) is 0 Å². The van der Waals surface area contributed by atoms with Gasteiger partial charge in [-0.25, -0.2) is 4.98 Å². The Hall–Kier alpha value is -1.87. The highest BCUT2D eigenvalue weighted by Gasteiger charge is 2.12. The van der Waals surface area contributed by atoms with Gasteiger partial charge in [-0.3, -0.25) is 0 Å². The number of pyridine rings is 1. The Morgan fingerprint density at radius 1 is 1.10 bits per heavy atom. The summed E-state index contributed by atoms with van der Waals surface area (Å²) in [6.45, 7) is 2.22. The van der Waals surface area contributed by atoms with E-state index in [0.717, 1.165) is 24.2 Å². The van der Waals surface area contributed by atoms with Gasteiger partial charge >= 0.3 is 0 Å². The van der Waals surface area contributed by atoms with Crippen LogP contribution in [-0.2, 0) is 0 Å². The van der Waals surface area contributed by atoms with Crippen LogP contribution >= 0.6 is 11.3 Å². The number of fused-ring (bicyclic) bond motifs is 1. The predicted molar refractivity (Wildman–Crippen MR) is 87.3 cm³/mol. The molecule has 1 N–H and O–H groups in total. The fourth-order valence-corrected chi connectivity index (χ4v) is 3.20. The van der Waals surface area contributed by atoms with Crippen LogP contribution < -0.4 is 5.32 Å². The molecule has 0 radical (unpaired) electrons. The molecule has 2 heterocycles. The van der Waals surface area contributed by atoms with Crippen molar-refractivity contribution in [1.29, 1.82) is 0 Å². The van der Waals surface area contributed by atoms with Gasteiger partial charge in [0.25, 0.3) is 0 Å². The first-order chi connectivity index (χ1) is 9.86. The number of nitrogens with one attached hydrogen (secondary N) is 1. The molecule has 3 aromatic rings. The number of aromatic nitrogens is 1. The van der Waals surface area contributed by atoms with Crippen LogP contribution in [-0.4, -0.2) is 4.98 Å². The monoisotopic (exact) mass is 282 g/mol. The number of anilines is 1. The molecule has 2 nitrogen and oxygen atoms in total. The number of rotatable bonds is 5. The van der Waals surface area contributed by atoms with E-state index < -0.39 is 0 Å². The molecule has 0 aliphatic carbocycles. The van der Waals surface area contributed by atoms with Gasteiger partial charge in [-0.1, -0.05) is 37.6 Å². The van der Waals surface area contributed by atoms with Gasteiger partial charge in [0.15, 0.2) is 0 Å². The number of hydrogen-bond donors (Lipinski definition) is 1. The highest BCUT2D eigenvalue weighted by atomic mass is 32.1. The highest BCUT2D eigenvalue weighted by molar-refractivity contribution is 7.10. The maximum Gasteiger partial charge on any atom is 0.127 e. The highest BCUT2D eigenvalue weighted by Crippen LogP contribution is 2.27. The molecule has 1 unspecified atom stereocenters. The number of para-hydroxylation sites is 1. The Labute approximate surface area is 123 Å². The molecule has 2 aromatic heterocycles. The zero-order valence-electron chi connectivity index (χ0n) is 11.5. The molecule has 0 bridgehead atoms. The van der Waals surface area contributed by atoms with Crippen LogP contribution in [0, 0.1) is 0 Å². The van der Waals surface area contributed by atoms with Crippen LogP contribution in [0.25, 0.3) is 10.9 Å². The normalized spacial score (nSPS) is 12.4. The molecule has 0 aliphatic rings. The Morgan fingerprint density at radius 3 is 2.80 bits per heavy atom. The maximum atomic E-state index is 4.70. The minimum absolute atomic E-state index is 0.355. The number of benzene rings is 1. The van der Waals surface area contributed by atoms with E-state index in [4.69, 9.17) is 4.98 Å². The van der Waals surface area contributed by atoms with Crippen molar-refractivity contribution in [2.75, 3.05) is 5.32 Å². The molecule has 20 heavy (non-hydrogen) atoms. The van der Waals surface area contributed by atoms with Gasteiger partial charge in [-0.2, -0.15) is 0 Å². The van der Waals surface area contributed by atoms with Gasteiger partial charge in [0.1, 0.15) is 5.82 Å². The Bertz CT molecular complexity index is 676. The predicted octanol–water partition coefficient (Wildman–Crippen LogP) is 5.25. The van der Waals surface area contributed by atoms with Gasteiger partial charge in [-0.15, -0.1) is 11.3 Å². The molecule has 0 saturated carbocycles. The minimum Gasteiger partial charge on any atom is -0.362 e. The van der Waals surface area contributed by atoms with E-state index in [1.54, 1.807) is 11.3 Å². The van der Waals surface area contributed by atoms with Gasteiger partial charge in [-0.05, 0) is 36.1 Å². The fourth-order valence-electron chi connectivity index (χ4n) is 2.39. The molecule has 1 aromatic carbocycles. The molecule has 0 amide bonds. The van der Waals surface area contributed by atoms with Crippen molar-refractivity contribution in [3.05, 3.63) is 58.8 Å². The quantitative estimate of drug-likeness (QED) is 0.691. The third-order valence-electron chi connectivity index (χ3n) is 3.38. The molecular formula is C17H18N2S. The summed E-state index contributed by atoms with van der Waals surface area (Å²) in [5.41, 5.74) is 1.04. The van der Waals surface area contributed by atoms with Crippen LogP contribution in [0.2, 0.25) is 0 Å². The fraction of sp³-hybridized carbons (Fsp3) is 0.235. The largest absolute Gasteiger partial charge is 0.362 e. The molecule has 0 saturated heterocycles. The third kappa shape index (κ3) is 2.83. The van der Waals surface area contributed by atoms with E-state index in [9.17, 15) is 0 Å². The van der Waals surface area contributed by atoms with Crippen molar-refractivity contribution in [3.8, 4) is 0 Å². The van der Waals surface area contributed by atoms with Crippen molar-refractivity contribution >= 4 is 28.1 Å². The second-order valence-corrected chi connectivity index (χ2v) is 5.87. The zero-order chi connectivity index (χ0) is 13.8. The molecule has 0 aliphatic heterocycles. The summed E-state index contributed by atoms with van der Waals surface area (Å²) < 4.78 is 0. The van der Waals surface area contributed by atoms with Crippen LogP contribution in [0.1, 0.15) is 30.7 Å². The molecule has 3 heteroatoms. The van der Waals surface area contributed by atoms with E-state index in [0.29, 0.717) is 6.04 Å². The summed E-state index contributed by atoms with van der Waals surface area (Å²) in [5.74, 6) is 0.954. The van der Waals surface area contributed by atoms with E-state index in [-0.39, 0.29) is 0 Å². The maximum absolute atomic E-state index is 4.70. The molecule has 0 spiro atoms. The summed E-state index contributed by atoms with van der Waals surface area (Å²) in [7, 11) is 0. The summed E-state index contributed by atoms with van der Waals surface area (Å²) in [5, 5.41) is 6.89. The lowest BCUT2D eigenvalue weighted by Crippen LogP contribution is -2.10. The number of hydrogen-bond acceptors (Lipinski definition) is 3. The molecule has 102 valence electrons. The Kier molecular flexibility index (Phi) is 3.97. The van der Waals surface area contributed by atoms with E-state index >= 15 is 0 Å². The molecule has 3 rings (SSSR count). The SMILES string of the molecule is CCCC(Nc1ccc2ccccc2n1)c1cccs1. The standard InChI is InChI=1S/C17H18N2S/c1-2-6-15(16-9-5-12-20-16)19-17-11-10-13-7-3-4-8-14(13)18-17/h3-5,7-12,15H,2,6H2,1H3,(H,18,19). The van der Waals surface area contributed by atoms with Crippen molar-refractivity contribution in [1.82, 2.24) is 4.98 Å². The summed E-state index contributed by atoms with van der Waals surface area (Å²) in [4.78, 5) is 6.08. The first kappa shape index (κ1) is 13.1. The second-order valence-electron chi connectivity index (χ2n) is 4.89. The summed E-state index contributed by atoms with van der Waals surface area (Å²) in [6.07, 6.45) is 2.28. The van der Waals surface area contributed by atoms with Crippen molar-refractivity contribution in [3.63, 3.8) is 0 Å². The van der Waals surface area contributed by atoms with Crippen LogP contribution in [0.4, 0.5) is 5.82 Å². The van der Waals surface area contributed by atoms with Gasteiger partial charge in [0, 0.05) is 10.3 Å². The topological polar surface area (TPSA) is 24.9 Å². The summed E-state index contributed by atoms with van der Waals surface area (Å²) in [6, 6.07) is 17.1. The van der Waals surface area contributed by atoms with Crippen LogP contribution in [0.3, 0.4) is 0 Å². The lowest BCUT2D eigenvalue weighted by atomic mass is 10.1. The average Bonchev–Trinajstić information content (AvgIpc) is 3.01. The number of nitrogens with zero attached hydrogens (tertiary/aromatic N) is 1. The molecular weight excluding hydrogens is 264 g/mol. The lowest BCUT2D eigenvalue weighted by Gasteiger charge is -2.17. The zero-order valence-corrected chi connectivity index (χ0v) is 12.4. The van der Waals surface area contributed by atoms with Gasteiger partial charge < -0.3 is 5.32 Å². The van der Waals surface area contributed by atoms with Crippen LogP contribution in [0.15, 0.2) is 53.9 Å². The minimum atomic E-state index is 0.355. The average molecular weight is 282 g/mol. The van der Waals surface area contributed by atoms with Crippen molar-refractivity contribution in [2.24, 2.45) is 0 Å². The molecule has 0 fully saturated rings. The van der Waals surface area contributed by atoms with Gasteiger partial charge in [0.2, 0.25) is 0 Å². The first-order valence-electron chi connectivity index (χ1n) is 7.02. The second kappa shape index (κ2) is 6.06. The lowest BCUT2D eigenvalue weighted by molar-refractivity contribution is 0.685. The Morgan fingerprint density at radius 2 is 2.00 bits per heavy atom. The van der Waals surface area contributed by atoms with Crippen molar-refractivity contribution in [2.45, 2.75) is 25.8 Å².